The molecule has 5 heteroatoms. The molecule has 0 aromatic heterocycles. The van der Waals surface area contributed by atoms with Gasteiger partial charge in [-0.15, -0.1) is 0 Å². The van der Waals surface area contributed by atoms with Crippen LogP contribution >= 0.6 is 0 Å². The predicted octanol–water partition coefficient (Wildman–Crippen LogP) is -1.02. The summed E-state index contributed by atoms with van der Waals surface area (Å²) in [5.74, 6) is 0. The lowest BCUT2D eigenvalue weighted by Crippen LogP contribution is -2.60. The van der Waals surface area contributed by atoms with Crippen molar-refractivity contribution in [2.24, 2.45) is 0 Å². The Balaban J connectivity index is 2.35. The molecule has 0 aromatic carbocycles. The minimum absolute atomic E-state index is 0.269. The first-order valence-electron chi connectivity index (χ1n) is 6.03. The van der Waals surface area contributed by atoms with Crippen LogP contribution in [-0.2, 0) is 0 Å². The number of rotatable bonds is 5. The number of nitrogens with one attached hydrogen (secondary N) is 1. The summed E-state index contributed by atoms with van der Waals surface area (Å²) < 4.78 is 0. The third-order valence-corrected chi connectivity index (χ3v) is 3.19. The van der Waals surface area contributed by atoms with Crippen molar-refractivity contribution in [2.75, 3.05) is 6.54 Å². The Morgan fingerprint density at radius 1 is 1.00 bits per heavy atom. The summed E-state index contributed by atoms with van der Waals surface area (Å²) in [5.41, 5.74) is 0. The zero-order chi connectivity index (χ0) is 12.1. The normalized spacial score (nSPS) is 39.9. The highest BCUT2D eigenvalue weighted by molar-refractivity contribution is 4.95. The quantitative estimate of drug-likeness (QED) is 0.392. The Bertz CT molecular complexity index is 202. The maximum Gasteiger partial charge on any atom is 0.110 e. The molecule has 0 aliphatic heterocycles. The predicted molar refractivity (Wildman–Crippen MR) is 60.0 cm³/mol. The van der Waals surface area contributed by atoms with Crippen molar-refractivity contribution in [2.45, 2.75) is 63.1 Å². The molecule has 1 rings (SSSR count). The molecule has 0 spiro atoms. The fourth-order valence-corrected chi connectivity index (χ4v) is 2.07. The number of aliphatic hydroxyl groups is 4. The minimum atomic E-state index is -1.27. The minimum Gasteiger partial charge on any atom is -0.390 e. The summed E-state index contributed by atoms with van der Waals surface area (Å²) in [6.45, 7) is 2.87. The molecule has 96 valence electrons. The topological polar surface area (TPSA) is 93.0 Å². The Hall–Kier alpha value is -0.200. The molecular weight excluding hydrogens is 210 g/mol. The molecular formula is C11H23NO4. The van der Waals surface area contributed by atoms with Crippen molar-refractivity contribution >= 4 is 0 Å². The van der Waals surface area contributed by atoms with Gasteiger partial charge in [0.2, 0.25) is 0 Å². The molecule has 1 aliphatic carbocycles. The molecule has 0 bridgehead atoms. The highest BCUT2D eigenvalue weighted by atomic mass is 16.4. The average molecular weight is 233 g/mol. The van der Waals surface area contributed by atoms with Gasteiger partial charge >= 0.3 is 0 Å². The average Bonchev–Trinajstić information content (AvgIpc) is 2.28. The lowest BCUT2D eigenvalue weighted by atomic mass is 9.85. The van der Waals surface area contributed by atoms with E-state index in [-0.39, 0.29) is 12.5 Å². The molecule has 0 unspecified atom stereocenters. The third-order valence-electron chi connectivity index (χ3n) is 3.19. The van der Waals surface area contributed by atoms with Crippen LogP contribution in [0.4, 0.5) is 0 Å². The van der Waals surface area contributed by atoms with Crippen molar-refractivity contribution in [1.29, 1.82) is 0 Å². The van der Waals surface area contributed by atoms with Crippen molar-refractivity contribution in [3.05, 3.63) is 0 Å². The highest BCUT2D eigenvalue weighted by Crippen LogP contribution is 2.20. The Labute approximate surface area is 96.1 Å². The van der Waals surface area contributed by atoms with Crippen LogP contribution in [-0.4, -0.2) is 57.4 Å². The van der Waals surface area contributed by atoms with Gasteiger partial charge in [0, 0.05) is 6.04 Å². The summed E-state index contributed by atoms with van der Waals surface area (Å²) in [4.78, 5) is 0. The number of hydrogen-bond acceptors (Lipinski definition) is 5. The van der Waals surface area contributed by atoms with Crippen LogP contribution in [0.25, 0.3) is 0 Å². The molecule has 5 nitrogen and oxygen atoms in total. The molecule has 0 saturated heterocycles. The van der Waals surface area contributed by atoms with E-state index >= 15 is 0 Å². The van der Waals surface area contributed by atoms with E-state index in [9.17, 15) is 20.4 Å². The highest BCUT2D eigenvalue weighted by Gasteiger charge is 2.41. The molecule has 0 radical (unpaired) electrons. The molecule has 1 saturated carbocycles. The van der Waals surface area contributed by atoms with Gasteiger partial charge in [-0.05, 0) is 19.4 Å². The van der Waals surface area contributed by atoms with Crippen LogP contribution in [0.1, 0.15) is 32.6 Å². The van der Waals surface area contributed by atoms with Gasteiger partial charge in [-0.2, -0.15) is 0 Å². The van der Waals surface area contributed by atoms with Gasteiger partial charge in [-0.3, -0.25) is 0 Å². The Morgan fingerprint density at radius 2 is 1.69 bits per heavy atom. The van der Waals surface area contributed by atoms with Crippen molar-refractivity contribution in [3.63, 3.8) is 0 Å². The van der Waals surface area contributed by atoms with Gasteiger partial charge in [-0.1, -0.05) is 19.8 Å². The van der Waals surface area contributed by atoms with Crippen LogP contribution in [0.5, 0.6) is 0 Å². The van der Waals surface area contributed by atoms with E-state index < -0.39 is 24.4 Å². The first-order valence-corrected chi connectivity index (χ1v) is 6.03. The number of unbranched alkanes of at least 4 members (excludes halogenated alkanes) is 2. The van der Waals surface area contributed by atoms with Gasteiger partial charge < -0.3 is 25.7 Å². The second kappa shape index (κ2) is 6.51. The van der Waals surface area contributed by atoms with Crippen LogP contribution in [0.2, 0.25) is 0 Å². The molecule has 1 aliphatic rings. The molecule has 0 amide bonds. The summed E-state index contributed by atoms with van der Waals surface area (Å²) in [6, 6.07) is -0.342. The largest absolute Gasteiger partial charge is 0.390 e. The van der Waals surface area contributed by atoms with E-state index in [4.69, 9.17) is 0 Å². The van der Waals surface area contributed by atoms with Crippen molar-refractivity contribution in [1.82, 2.24) is 5.32 Å². The standard InChI is InChI=1S/C11H23NO4/c1-2-3-4-5-12-7-6-8(13)10(15)11(16)9(7)14/h7-16H,2-6H2,1H3/t7-,8-,9+,10+,11+/m1/s1. The molecule has 5 N–H and O–H groups in total. The number of aliphatic hydroxyl groups excluding tert-OH is 4. The van der Waals surface area contributed by atoms with Crippen LogP contribution in [0, 0.1) is 0 Å². The molecule has 1 fully saturated rings. The van der Waals surface area contributed by atoms with Gasteiger partial charge in [-0.25, -0.2) is 0 Å². The Morgan fingerprint density at radius 3 is 2.31 bits per heavy atom. The van der Waals surface area contributed by atoms with E-state index in [2.05, 4.69) is 12.2 Å². The van der Waals surface area contributed by atoms with Crippen LogP contribution in [0.15, 0.2) is 0 Å². The van der Waals surface area contributed by atoms with Gasteiger partial charge in [0.15, 0.2) is 0 Å². The smallest absolute Gasteiger partial charge is 0.110 e. The Kier molecular flexibility index (Phi) is 5.64. The fraction of sp³-hybridized carbons (Fsp3) is 1.00. The third kappa shape index (κ3) is 3.40. The lowest BCUT2D eigenvalue weighted by molar-refractivity contribution is -0.146. The zero-order valence-electron chi connectivity index (χ0n) is 9.71. The van der Waals surface area contributed by atoms with Gasteiger partial charge in [0.05, 0.1) is 12.2 Å². The molecule has 0 heterocycles. The summed E-state index contributed by atoms with van der Waals surface area (Å²) in [6.07, 6.45) is -0.985. The van der Waals surface area contributed by atoms with Gasteiger partial charge in [0.1, 0.15) is 12.2 Å². The maximum atomic E-state index is 9.70. The number of hydrogen-bond donors (Lipinski definition) is 5. The molecule has 0 aromatic rings. The zero-order valence-corrected chi connectivity index (χ0v) is 9.71. The molecule has 5 atom stereocenters. The SMILES string of the molecule is CCCCCN[C@@H]1C[C@@H](O)[C@H](O)[C@@H](O)[C@H]1O. The van der Waals surface area contributed by atoms with Gasteiger partial charge in [0.25, 0.3) is 0 Å². The van der Waals surface area contributed by atoms with Crippen LogP contribution in [0.3, 0.4) is 0 Å². The second-order valence-corrected chi connectivity index (χ2v) is 4.54. The lowest BCUT2D eigenvalue weighted by Gasteiger charge is -2.38. The van der Waals surface area contributed by atoms with E-state index in [0.717, 1.165) is 25.8 Å². The van der Waals surface area contributed by atoms with E-state index in [0.29, 0.717) is 0 Å². The van der Waals surface area contributed by atoms with E-state index in [1.54, 1.807) is 0 Å². The second-order valence-electron chi connectivity index (χ2n) is 4.54. The summed E-state index contributed by atoms with van der Waals surface area (Å²) >= 11 is 0. The maximum absolute atomic E-state index is 9.70. The van der Waals surface area contributed by atoms with Crippen molar-refractivity contribution in [3.8, 4) is 0 Å². The van der Waals surface area contributed by atoms with E-state index in [1.807, 2.05) is 0 Å². The fourth-order valence-electron chi connectivity index (χ4n) is 2.07. The first kappa shape index (κ1) is 13.9. The monoisotopic (exact) mass is 233 g/mol. The summed E-state index contributed by atoms with van der Waals surface area (Å²) in [5, 5.41) is 41.1. The van der Waals surface area contributed by atoms with Crippen molar-refractivity contribution < 1.29 is 20.4 Å². The first-order chi connectivity index (χ1) is 7.57. The van der Waals surface area contributed by atoms with E-state index in [1.165, 1.54) is 0 Å². The summed E-state index contributed by atoms with van der Waals surface area (Å²) in [7, 11) is 0. The molecule has 16 heavy (non-hydrogen) atoms. The van der Waals surface area contributed by atoms with Crippen LogP contribution < -0.4 is 5.32 Å².